The first kappa shape index (κ1) is 22.7. The number of non-ortho nitro benzene ring substituents is 1. The molecule has 1 fully saturated rings. The number of nitrogens with zero attached hydrogens (tertiary/aromatic N) is 3. The second kappa shape index (κ2) is 10.9. The normalized spacial score (nSPS) is 14.7. The van der Waals surface area contributed by atoms with Crippen molar-refractivity contribution in [2.24, 2.45) is 0 Å². The first-order valence-electron chi connectivity index (χ1n) is 9.93. The Bertz CT molecular complexity index is 912. The highest BCUT2D eigenvalue weighted by Gasteiger charge is 2.18. The predicted octanol–water partition coefficient (Wildman–Crippen LogP) is 2.12. The third kappa shape index (κ3) is 7.02. The van der Waals surface area contributed by atoms with Gasteiger partial charge in [-0.3, -0.25) is 29.5 Å². The highest BCUT2D eigenvalue weighted by molar-refractivity contribution is 6.39. The van der Waals surface area contributed by atoms with Crippen LogP contribution in [0.15, 0.2) is 48.5 Å². The van der Waals surface area contributed by atoms with Crippen LogP contribution in [0.3, 0.4) is 0 Å². The molecule has 0 saturated carbocycles. The van der Waals surface area contributed by atoms with Gasteiger partial charge in [0.05, 0.1) is 4.92 Å². The van der Waals surface area contributed by atoms with Gasteiger partial charge >= 0.3 is 11.8 Å². The Hall–Kier alpha value is -3.01. The minimum Gasteiger partial charge on any atom is -0.347 e. The number of anilines is 1. The summed E-state index contributed by atoms with van der Waals surface area (Å²) in [6.45, 7) is 5.21. The van der Waals surface area contributed by atoms with Crippen LogP contribution in [0.2, 0.25) is 5.02 Å². The van der Waals surface area contributed by atoms with Crippen molar-refractivity contribution in [1.82, 2.24) is 15.1 Å². The zero-order valence-corrected chi connectivity index (χ0v) is 17.7. The van der Waals surface area contributed by atoms with Crippen LogP contribution in [0.4, 0.5) is 11.4 Å². The van der Waals surface area contributed by atoms with E-state index >= 15 is 0 Å². The molecule has 2 amide bonds. The number of nitro groups is 1. The summed E-state index contributed by atoms with van der Waals surface area (Å²) in [5.41, 5.74) is 1.64. The lowest BCUT2D eigenvalue weighted by Crippen LogP contribution is -2.48. The van der Waals surface area contributed by atoms with Gasteiger partial charge in [-0.1, -0.05) is 23.7 Å². The molecule has 1 aliphatic heterocycles. The number of amides is 2. The summed E-state index contributed by atoms with van der Waals surface area (Å²) in [7, 11) is 0. The third-order valence-corrected chi connectivity index (χ3v) is 5.29. The molecule has 0 aromatic heterocycles. The second-order valence-corrected chi connectivity index (χ2v) is 7.69. The van der Waals surface area contributed by atoms with Crippen molar-refractivity contribution in [1.29, 1.82) is 0 Å². The summed E-state index contributed by atoms with van der Waals surface area (Å²) in [5.74, 6) is -1.39. The summed E-state index contributed by atoms with van der Waals surface area (Å²) in [6, 6.07) is 13.2. The first-order chi connectivity index (χ1) is 14.9. The average molecular weight is 446 g/mol. The zero-order chi connectivity index (χ0) is 22.2. The lowest BCUT2D eigenvalue weighted by molar-refractivity contribution is -0.384. The smallest absolute Gasteiger partial charge is 0.313 e. The van der Waals surface area contributed by atoms with Crippen molar-refractivity contribution in [3.63, 3.8) is 0 Å². The van der Waals surface area contributed by atoms with E-state index in [4.69, 9.17) is 11.6 Å². The van der Waals surface area contributed by atoms with Gasteiger partial charge in [0.1, 0.15) is 0 Å². The van der Waals surface area contributed by atoms with E-state index < -0.39 is 16.7 Å². The molecule has 0 aliphatic carbocycles. The molecule has 0 spiro atoms. The molecule has 1 saturated heterocycles. The van der Waals surface area contributed by atoms with Crippen LogP contribution in [-0.2, 0) is 16.1 Å². The van der Waals surface area contributed by atoms with Crippen molar-refractivity contribution < 1.29 is 14.5 Å². The summed E-state index contributed by atoms with van der Waals surface area (Å²) >= 11 is 5.80. The minimum absolute atomic E-state index is 0.0949. The molecule has 1 heterocycles. The van der Waals surface area contributed by atoms with Gasteiger partial charge in [0.25, 0.3) is 5.69 Å². The van der Waals surface area contributed by atoms with Gasteiger partial charge in [-0.25, -0.2) is 0 Å². The van der Waals surface area contributed by atoms with Gasteiger partial charge in [0.2, 0.25) is 0 Å². The lowest BCUT2D eigenvalue weighted by Gasteiger charge is -2.34. The van der Waals surface area contributed by atoms with Crippen molar-refractivity contribution in [3.8, 4) is 0 Å². The van der Waals surface area contributed by atoms with Gasteiger partial charge in [-0.15, -0.1) is 0 Å². The number of carbonyl (C=O) groups is 2. The zero-order valence-electron chi connectivity index (χ0n) is 16.9. The topological polar surface area (TPSA) is 108 Å². The lowest BCUT2D eigenvalue weighted by atomic mass is 10.2. The molecule has 9 nitrogen and oxygen atoms in total. The fraction of sp³-hybridized carbons (Fsp3) is 0.333. The largest absolute Gasteiger partial charge is 0.347 e. The molecule has 0 bridgehead atoms. The molecule has 1 aliphatic rings. The molecular weight excluding hydrogens is 422 g/mol. The Kier molecular flexibility index (Phi) is 7.94. The maximum atomic E-state index is 12.0. The maximum Gasteiger partial charge on any atom is 0.313 e. The molecule has 3 rings (SSSR count). The molecule has 2 aromatic rings. The van der Waals surface area contributed by atoms with Crippen LogP contribution >= 0.6 is 11.6 Å². The van der Waals surface area contributed by atoms with Crippen LogP contribution < -0.4 is 10.6 Å². The van der Waals surface area contributed by atoms with Crippen molar-refractivity contribution in [2.75, 3.05) is 44.6 Å². The Balaban J connectivity index is 1.33. The Morgan fingerprint density at radius 2 is 1.55 bits per heavy atom. The van der Waals surface area contributed by atoms with E-state index in [1.54, 1.807) is 36.4 Å². The monoisotopic (exact) mass is 445 g/mol. The van der Waals surface area contributed by atoms with Crippen LogP contribution in [-0.4, -0.2) is 65.8 Å². The molecule has 164 valence electrons. The number of hydrogen-bond acceptors (Lipinski definition) is 6. The van der Waals surface area contributed by atoms with E-state index in [2.05, 4.69) is 20.4 Å². The molecule has 0 unspecified atom stereocenters. The van der Waals surface area contributed by atoms with Crippen LogP contribution in [0.5, 0.6) is 0 Å². The number of nitrogens with one attached hydrogen (secondary N) is 2. The quantitative estimate of drug-likeness (QED) is 0.384. The molecule has 31 heavy (non-hydrogen) atoms. The van der Waals surface area contributed by atoms with E-state index in [1.165, 1.54) is 12.1 Å². The Labute approximate surface area is 185 Å². The van der Waals surface area contributed by atoms with E-state index in [0.29, 0.717) is 23.8 Å². The van der Waals surface area contributed by atoms with E-state index in [1.807, 2.05) is 0 Å². The van der Waals surface area contributed by atoms with Crippen LogP contribution in [0.25, 0.3) is 0 Å². The fourth-order valence-electron chi connectivity index (χ4n) is 3.28. The van der Waals surface area contributed by atoms with Gasteiger partial charge in [0, 0.05) is 68.7 Å². The summed E-state index contributed by atoms with van der Waals surface area (Å²) in [5, 5.41) is 16.5. The number of hydrogen-bond donors (Lipinski definition) is 2. The predicted molar refractivity (Wildman–Crippen MR) is 118 cm³/mol. The van der Waals surface area contributed by atoms with Crippen molar-refractivity contribution in [2.45, 2.75) is 6.54 Å². The molecule has 2 aromatic carbocycles. The van der Waals surface area contributed by atoms with Gasteiger partial charge in [0.15, 0.2) is 0 Å². The van der Waals surface area contributed by atoms with Gasteiger partial charge in [-0.05, 0) is 29.8 Å². The van der Waals surface area contributed by atoms with E-state index in [9.17, 15) is 19.7 Å². The summed E-state index contributed by atoms with van der Waals surface area (Å²) in [4.78, 5) is 38.7. The summed E-state index contributed by atoms with van der Waals surface area (Å²) in [6.07, 6.45) is 0. The Morgan fingerprint density at radius 3 is 2.16 bits per heavy atom. The molecule has 0 atom stereocenters. The van der Waals surface area contributed by atoms with Crippen LogP contribution in [0.1, 0.15) is 5.56 Å². The van der Waals surface area contributed by atoms with Gasteiger partial charge in [-0.2, -0.15) is 0 Å². The molecular formula is C21H24ClN5O4. The number of benzene rings is 2. The minimum atomic E-state index is -0.713. The third-order valence-electron chi connectivity index (χ3n) is 5.04. The summed E-state index contributed by atoms with van der Waals surface area (Å²) < 4.78 is 0. The van der Waals surface area contributed by atoms with Crippen molar-refractivity contribution >= 4 is 34.8 Å². The van der Waals surface area contributed by atoms with Crippen LogP contribution in [0, 0.1) is 10.1 Å². The average Bonchev–Trinajstić information content (AvgIpc) is 2.77. The number of halogens is 1. The van der Waals surface area contributed by atoms with E-state index in [-0.39, 0.29) is 5.69 Å². The first-order valence-corrected chi connectivity index (χ1v) is 10.3. The highest BCUT2D eigenvalue weighted by Crippen LogP contribution is 2.15. The fourth-order valence-corrected chi connectivity index (χ4v) is 3.41. The number of piperazine rings is 1. The molecule has 2 N–H and O–H groups in total. The Morgan fingerprint density at radius 1 is 0.935 bits per heavy atom. The maximum absolute atomic E-state index is 12.0. The van der Waals surface area contributed by atoms with Gasteiger partial charge < -0.3 is 10.6 Å². The molecule has 0 radical (unpaired) electrons. The van der Waals surface area contributed by atoms with Crippen molar-refractivity contribution in [3.05, 3.63) is 69.2 Å². The SMILES string of the molecule is O=C(NCCN1CCN(Cc2ccc([N+](=O)[O-])cc2)CC1)C(=O)Nc1ccc(Cl)cc1. The van der Waals surface area contributed by atoms with E-state index in [0.717, 1.165) is 38.3 Å². The standard InChI is InChI=1S/C21H24ClN5O4/c22-17-3-5-18(6-4-17)24-21(29)20(28)23-9-10-25-11-13-26(14-12-25)15-16-1-7-19(8-2-16)27(30)31/h1-8H,9-15H2,(H,23,28)(H,24,29). The molecule has 10 heteroatoms. The number of carbonyl (C=O) groups excluding carboxylic acids is 2. The second-order valence-electron chi connectivity index (χ2n) is 7.26. The highest BCUT2D eigenvalue weighted by atomic mass is 35.5. The number of nitro benzene ring substituents is 1. The number of rotatable bonds is 7.